The van der Waals surface area contributed by atoms with Crippen LogP contribution in [0.3, 0.4) is 0 Å². The first-order valence-electron chi connectivity index (χ1n) is 9.63. The van der Waals surface area contributed by atoms with Crippen LogP contribution in [-0.2, 0) is 19.9 Å². The summed E-state index contributed by atoms with van der Waals surface area (Å²) in [4.78, 5) is 2.54. The van der Waals surface area contributed by atoms with E-state index in [1.807, 2.05) is 6.92 Å². The Labute approximate surface area is 163 Å². The molecule has 1 aromatic rings. The lowest BCUT2D eigenvalue weighted by atomic mass is 10.0. The van der Waals surface area contributed by atoms with Crippen LogP contribution in [0, 0.1) is 12.8 Å². The first-order chi connectivity index (χ1) is 12.6. The van der Waals surface area contributed by atoms with Crippen molar-refractivity contribution in [3.63, 3.8) is 0 Å². The first kappa shape index (κ1) is 20.8. The molecule has 6 nitrogen and oxygen atoms in total. The number of sulfone groups is 1. The maximum absolute atomic E-state index is 13.0. The molecule has 0 aromatic heterocycles. The number of hydrogen-bond acceptors (Lipinski definition) is 5. The van der Waals surface area contributed by atoms with Gasteiger partial charge in [0.2, 0.25) is 10.0 Å². The van der Waals surface area contributed by atoms with E-state index in [-0.39, 0.29) is 23.2 Å². The van der Waals surface area contributed by atoms with Crippen LogP contribution >= 0.6 is 0 Å². The largest absolute Gasteiger partial charge is 0.298 e. The molecule has 0 amide bonds. The highest BCUT2D eigenvalue weighted by atomic mass is 32.2. The Kier molecular flexibility index (Phi) is 6.01. The van der Waals surface area contributed by atoms with E-state index in [0.717, 1.165) is 12.1 Å². The molecule has 2 saturated heterocycles. The molecule has 0 spiro atoms. The number of rotatable bonds is 4. The fourth-order valence-corrected chi connectivity index (χ4v) is 7.74. The molecular weight excluding hydrogens is 384 g/mol. The second-order valence-corrected chi connectivity index (χ2v) is 12.4. The van der Waals surface area contributed by atoms with E-state index in [1.165, 1.54) is 4.31 Å². The van der Waals surface area contributed by atoms with Crippen molar-refractivity contribution < 1.29 is 16.8 Å². The molecule has 0 N–H and O–H groups in total. The lowest BCUT2D eigenvalue weighted by Gasteiger charge is -2.40. The summed E-state index contributed by atoms with van der Waals surface area (Å²) in [6.45, 7) is 8.19. The van der Waals surface area contributed by atoms with Crippen LogP contribution in [0.25, 0.3) is 0 Å². The third-order valence-corrected chi connectivity index (χ3v) is 9.76. The zero-order valence-corrected chi connectivity index (χ0v) is 18.0. The Bertz CT molecular complexity index is 863. The van der Waals surface area contributed by atoms with Crippen LogP contribution in [0.4, 0.5) is 0 Å². The highest BCUT2D eigenvalue weighted by molar-refractivity contribution is 7.92. The van der Waals surface area contributed by atoms with Gasteiger partial charge in [-0.3, -0.25) is 4.90 Å². The normalized spacial score (nSPS) is 27.3. The summed E-state index contributed by atoms with van der Waals surface area (Å²) < 4.78 is 52.9. The molecule has 2 fully saturated rings. The minimum Gasteiger partial charge on any atom is -0.298 e. The molecule has 27 heavy (non-hydrogen) atoms. The molecular formula is C19H30N2O4S2. The Hall–Kier alpha value is -0.960. The molecule has 0 aliphatic carbocycles. The third-order valence-electron chi connectivity index (χ3n) is 5.62. The first-order valence-corrected chi connectivity index (χ1v) is 12.8. The molecule has 0 saturated carbocycles. The predicted molar refractivity (Wildman–Crippen MR) is 107 cm³/mol. The van der Waals surface area contributed by atoms with Gasteiger partial charge in [-0.1, -0.05) is 31.5 Å². The molecule has 8 heteroatoms. The van der Waals surface area contributed by atoms with Gasteiger partial charge >= 0.3 is 0 Å². The molecule has 1 aromatic carbocycles. The van der Waals surface area contributed by atoms with Gasteiger partial charge in [-0.05, 0) is 37.8 Å². The molecule has 2 aliphatic heterocycles. The van der Waals surface area contributed by atoms with Crippen molar-refractivity contribution in [2.24, 2.45) is 5.92 Å². The van der Waals surface area contributed by atoms with Gasteiger partial charge in [0, 0.05) is 32.2 Å². The van der Waals surface area contributed by atoms with Crippen LogP contribution < -0.4 is 0 Å². The van der Waals surface area contributed by atoms with Crippen molar-refractivity contribution in [1.29, 1.82) is 0 Å². The quantitative estimate of drug-likeness (QED) is 0.752. The fourth-order valence-electron chi connectivity index (χ4n) is 4.23. The Morgan fingerprint density at radius 3 is 2.33 bits per heavy atom. The highest BCUT2D eigenvalue weighted by Crippen LogP contribution is 2.30. The van der Waals surface area contributed by atoms with Crippen molar-refractivity contribution in [3.8, 4) is 0 Å². The van der Waals surface area contributed by atoms with Gasteiger partial charge in [0.25, 0.3) is 0 Å². The van der Waals surface area contributed by atoms with Crippen molar-refractivity contribution in [2.45, 2.75) is 49.8 Å². The van der Waals surface area contributed by atoms with E-state index in [9.17, 15) is 16.8 Å². The number of fused-ring (bicyclic) bond motifs is 1. The number of benzene rings is 1. The van der Waals surface area contributed by atoms with Crippen molar-refractivity contribution in [1.82, 2.24) is 9.21 Å². The maximum atomic E-state index is 13.0. The molecule has 2 heterocycles. The van der Waals surface area contributed by atoms with Gasteiger partial charge in [-0.2, -0.15) is 4.31 Å². The van der Waals surface area contributed by atoms with E-state index in [4.69, 9.17) is 0 Å². The van der Waals surface area contributed by atoms with Gasteiger partial charge in [0.15, 0.2) is 9.84 Å². The number of sulfonamides is 1. The smallest absolute Gasteiger partial charge is 0.243 e. The Morgan fingerprint density at radius 1 is 1.07 bits per heavy atom. The van der Waals surface area contributed by atoms with Crippen LogP contribution in [0.2, 0.25) is 0 Å². The summed E-state index contributed by atoms with van der Waals surface area (Å²) >= 11 is 0. The zero-order valence-electron chi connectivity index (χ0n) is 16.3. The molecule has 3 rings (SSSR count). The molecule has 2 aliphatic rings. The minimum absolute atomic E-state index is 0.0932. The monoisotopic (exact) mass is 414 g/mol. The summed E-state index contributed by atoms with van der Waals surface area (Å²) in [5, 5.41) is -0.469. The van der Waals surface area contributed by atoms with Gasteiger partial charge < -0.3 is 0 Å². The summed E-state index contributed by atoms with van der Waals surface area (Å²) in [5.74, 6) is 0.619. The summed E-state index contributed by atoms with van der Waals surface area (Å²) in [7, 11) is -6.78. The number of hydrogen-bond donors (Lipinski definition) is 0. The van der Waals surface area contributed by atoms with E-state index in [1.54, 1.807) is 24.3 Å². The zero-order chi connectivity index (χ0) is 19.8. The van der Waals surface area contributed by atoms with Crippen molar-refractivity contribution >= 4 is 19.9 Å². The summed E-state index contributed by atoms with van der Waals surface area (Å²) in [5.41, 5.74) is 1.01. The molecule has 0 bridgehead atoms. The lowest BCUT2D eigenvalue weighted by molar-refractivity contribution is 0.163. The predicted octanol–water partition coefficient (Wildman–Crippen LogP) is 1.90. The molecule has 152 valence electrons. The van der Waals surface area contributed by atoms with E-state index in [0.29, 0.717) is 31.8 Å². The van der Waals surface area contributed by atoms with Gasteiger partial charge in [-0.25, -0.2) is 16.8 Å². The summed E-state index contributed by atoms with van der Waals surface area (Å²) in [6, 6.07) is 6.75. The molecule has 0 radical (unpaired) electrons. The topological polar surface area (TPSA) is 74.8 Å². The third kappa shape index (κ3) is 4.39. The molecule has 0 unspecified atom stereocenters. The van der Waals surface area contributed by atoms with Gasteiger partial charge in [-0.15, -0.1) is 0 Å². The SMILES string of the molecule is Cc1ccc(S(=O)(=O)N2CC[C@@H]3[C@H](CC2)N(CC(C)C)CCS3(=O)=O)cc1. The second-order valence-electron chi connectivity index (χ2n) is 8.16. The van der Waals surface area contributed by atoms with E-state index >= 15 is 0 Å². The van der Waals surface area contributed by atoms with Gasteiger partial charge in [0.1, 0.15) is 0 Å². The van der Waals surface area contributed by atoms with Crippen LogP contribution in [0.15, 0.2) is 29.2 Å². The van der Waals surface area contributed by atoms with Crippen LogP contribution in [-0.4, -0.2) is 69.3 Å². The number of nitrogens with zero attached hydrogens (tertiary/aromatic N) is 2. The second kappa shape index (κ2) is 7.81. The molecule has 2 atom stereocenters. The van der Waals surface area contributed by atoms with E-state index in [2.05, 4.69) is 18.7 Å². The summed E-state index contributed by atoms with van der Waals surface area (Å²) in [6.07, 6.45) is 0.925. The van der Waals surface area contributed by atoms with Crippen LogP contribution in [0.1, 0.15) is 32.3 Å². The Morgan fingerprint density at radius 2 is 1.70 bits per heavy atom. The van der Waals surface area contributed by atoms with Crippen LogP contribution in [0.5, 0.6) is 0 Å². The average molecular weight is 415 g/mol. The standard InChI is InChI=1S/C19H30N2O4S2/c1-15(2)14-20-12-13-26(22,23)19-9-11-21(10-8-18(19)20)27(24,25)17-6-4-16(3)5-7-17/h4-7,15,18-19H,8-14H2,1-3H3/t18-,19+/m0/s1. The highest BCUT2D eigenvalue weighted by Gasteiger charge is 2.44. The number of aryl methyl sites for hydroxylation is 1. The Balaban J connectivity index is 1.85. The average Bonchev–Trinajstić information content (AvgIpc) is 2.82. The maximum Gasteiger partial charge on any atom is 0.243 e. The van der Waals surface area contributed by atoms with Gasteiger partial charge in [0.05, 0.1) is 15.9 Å². The van der Waals surface area contributed by atoms with Crippen molar-refractivity contribution in [3.05, 3.63) is 29.8 Å². The minimum atomic E-state index is -3.60. The van der Waals surface area contributed by atoms with Crippen molar-refractivity contribution in [2.75, 3.05) is 31.9 Å². The lowest BCUT2D eigenvalue weighted by Crippen LogP contribution is -2.55. The van der Waals surface area contributed by atoms with E-state index < -0.39 is 25.1 Å². The fraction of sp³-hybridized carbons (Fsp3) is 0.684.